The van der Waals surface area contributed by atoms with E-state index in [4.69, 9.17) is 5.84 Å². The molecule has 1 amide bonds. The summed E-state index contributed by atoms with van der Waals surface area (Å²) in [6.45, 7) is 1.56. The number of para-hydroxylation sites is 1. The van der Waals surface area contributed by atoms with E-state index >= 15 is 0 Å². The summed E-state index contributed by atoms with van der Waals surface area (Å²) in [4.78, 5) is 16.0. The van der Waals surface area contributed by atoms with Crippen LogP contribution in [0, 0.1) is 0 Å². The van der Waals surface area contributed by atoms with Crippen molar-refractivity contribution in [3.63, 3.8) is 0 Å². The molecule has 1 aromatic heterocycles. The van der Waals surface area contributed by atoms with E-state index in [0.29, 0.717) is 17.8 Å². The number of nitrogens with one attached hydrogen (secondary N) is 2. The molecule has 4 N–H and O–H groups in total. The SMILES string of the molecule is NNc1ccccc1C(=O)NCCCCn1ccnc1. The summed E-state index contributed by atoms with van der Waals surface area (Å²) < 4.78 is 2.02. The van der Waals surface area contributed by atoms with E-state index in [0.717, 1.165) is 19.4 Å². The minimum Gasteiger partial charge on any atom is -0.352 e. The van der Waals surface area contributed by atoms with Gasteiger partial charge in [0, 0.05) is 25.5 Å². The first-order valence-corrected chi connectivity index (χ1v) is 6.61. The van der Waals surface area contributed by atoms with Crippen LogP contribution in [0.15, 0.2) is 43.0 Å². The van der Waals surface area contributed by atoms with Gasteiger partial charge in [-0.25, -0.2) is 4.98 Å². The first kappa shape index (κ1) is 14.1. The number of hydrogen-bond donors (Lipinski definition) is 3. The molecular weight excluding hydrogens is 254 g/mol. The van der Waals surface area contributed by atoms with Crippen molar-refractivity contribution in [1.29, 1.82) is 0 Å². The summed E-state index contributed by atoms with van der Waals surface area (Å²) in [6.07, 6.45) is 7.40. The smallest absolute Gasteiger partial charge is 0.253 e. The topological polar surface area (TPSA) is 85.0 Å². The maximum absolute atomic E-state index is 12.0. The number of carbonyl (C=O) groups is 1. The van der Waals surface area contributed by atoms with Crippen LogP contribution in [0.4, 0.5) is 5.69 Å². The third-order valence-corrected chi connectivity index (χ3v) is 3.02. The van der Waals surface area contributed by atoms with E-state index in [9.17, 15) is 4.79 Å². The molecule has 106 valence electrons. The van der Waals surface area contributed by atoms with E-state index in [-0.39, 0.29) is 5.91 Å². The van der Waals surface area contributed by atoms with Gasteiger partial charge in [0.25, 0.3) is 5.91 Å². The molecule has 0 radical (unpaired) electrons. The van der Waals surface area contributed by atoms with Gasteiger partial charge in [-0.3, -0.25) is 10.6 Å². The van der Waals surface area contributed by atoms with E-state index in [2.05, 4.69) is 15.7 Å². The lowest BCUT2D eigenvalue weighted by molar-refractivity contribution is 0.0953. The predicted octanol–water partition coefficient (Wildman–Crippen LogP) is 1.38. The number of nitrogens with zero attached hydrogens (tertiary/aromatic N) is 2. The molecule has 0 unspecified atom stereocenters. The van der Waals surface area contributed by atoms with Gasteiger partial charge in [-0.2, -0.15) is 0 Å². The van der Waals surface area contributed by atoms with E-state index < -0.39 is 0 Å². The van der Waals surface area contributed by atoms with Gasteiger partial charge in [0.2, 0.25) is 0 Å². The molecule has 20 heavy (non-hydrogen) atoms. The van der Waals surface area contributed by atoms with Crippen molar-refractivity contribution < 1.29 is 4.79 Å². The number of hydrogen-bond acceptors (Lipinski definition) is 4. The molecule has 1 heterocycles. The number of nitrogens with two attached hydrogens (primary N) is 1. The van der Waals surface area contributed by atoms with Crippen LogP contribution < -0.4 is 16.6 Å². The van der Waals surface area contributed by atoms with Gasteiger partial charge in [0.15, 0.2) is 0 Å². The minimum atomic E-state index is -0.110. The van der Waals surface area contributed by atoms with Crippen molar-refractivity contribution in [2.45, 2.75) is 19.4 Å². The van der Waals surface area contributed by atoms with Crippen LogP contribution >= 0.6 is 0 Å². The molecule has 2 aromatic rings. The Morgan fingerprint density at radius 3 is 2.90 bits per heavy atom. The summed E-state index contributed by atoms with van der Waals surface area (Å²) in [5.41, 5.74) is 3.71. The predicted molar refractivity (Wildman–Crippen MR) is 78.0 cm³/mol. The number of anilines is 1. The molecule has 0 spiro atoms. The molecule has 2 rings (SSSR count). The highest BCUT2D eigenvalue weighted by Gasteiger charge is 2.08. The normalized spacial score (nSPS) is 10.2. The van der Waals surface area contributed by atoms with Crippen LogP contribution in [0.25, 0.3) is 0 Å². The van der Waals surface area contributed by atoms with Crippen molar-refractivity contribution in [3.8, 4) is 0 Å². The van der Waals surface area contributed by atoms with Crippen LogP contribution in [0.5, 0.6) is 0 Å². The first-order valence-electron chi connectivity index (χ1n) is 6.61. The molecule has 0 fully saturated rings. The second-order valence-electron chi connectivity index (χ2n) is 4.45. The summed E-state index contributed by atoms with van der Waals surface area (Å²) in [6, 6.07) is 7.16. The number of unbranched alkanes of at least 4 members (excludes halogenated alkanes) is 1. The lowest BCUT2D eigenvalue weighted by Crippen LogP contribution is -2.26. The zero-order valence-corrected chi connectivity index (χ0v) is 11.2. The Bertz CT molecular complexity index is 538. The van der Waals surface area contributed by atoms with Crippen LogP contribution in [-0.2, 0) is 6.54 Å². The maximum atomic E-state index is 12.0. The number of amides is 1. The Balaban J connectivity index is 1.72. The van der Waals surface area contributed by atoms with Crippen LogP contribution in [0.1, 0.15) is 23.2 Å². The van der Waals surface area contributed by atoms with Crippen molar-refractivity contribution in [1.82, 2.24) is 14.9 Å². The Labute approximate surface area is 118 Å². The van der Waals surface area contributed by atoms with E-state index in [1.807, 2.05) is 22.9 Å². The molecule has 0 saturated heterocycles. The number of benzene rings is 1. The zero-order valence-electron chi connectivity index (χ0n) is 11.2. The second-order valence-corrected chi connectivity index (χ2v) is 4.45. The fourth-order valence-corrected chi connectivity index (χ4v) is 1.94. The molecule has 0 bridgehead atoms. The lowest BCUT2D eigenvalue weighted by atomic mass is 10.1. The maximum Gasteiger partial charge on any atom is 0.253 e. The number of nitrogen functional groups attached to an aromatic ring is 1. The number of imidazole rings is 1. The summed E-state index contributed by atoms with van der Waals surface area (Å²) in [5, 5.41) is 2.89. The van der Waals surface area contributed by atoms with Crippen molar-refractivity contribution in [3.05, 3.63) is 48.5 Å². The molecule has 0 aliphatic rings. The van der Waals surface area contributed by atoms with Gasteiger partial charge in [-0.05, 0) is 25.0 Å². The van der Waals surface area contributed by atoms with Crippen LogP contribution in [0.3, 0.4) is 0 Å². The fourth-order valence-electron chi connectivity index (χ4n) is 1.94. The second kappa shape index (κ2) is 7.30. The number of rotatable bonds is 7. The zero-order chi connectivity index (χ0) is 14.2. The summed E-state index contributed by atoms with van der Waals surface area (Å²) in [7, 11) is 0. The minimum absolute atomic E-state index is 0.110. The van der Waals surface area contributed by atoms with Gasteiger partial charge in [-0.1, -0.05) is 12.1 Å². The van der Waals surface area contributed by atoms with E-state index in [1.54, 1.807) is 24.7 Å². The molecule has 0 atom stereocenters. The molecular formula is C14H19N5O. The van der Waals surface area contributed by atoms with Gasteiger partial charge in [0.05, 0.1) is 17.6 Å². The number of aromatic nitrogens is 2. The van der Waals surface area contributed by atoms with Crippen molar-refractivity contribution in [2.24, 2.45) is 5.84 Å². The standard InChI is InChI=1S/C14H19N5O/c15-18-13-6-2-1-5-12(13)14(20)17-7-3-4-9-19-10-8-16-11-19/h1-2,5-6,8,10-11,18H,3-4,7,9,15H2,(H,17,20). The summed E-state index contributed by atoms with van der Waals surface area (Å²) in [5.74, 6) is 5.27. The van der Waals surface area contributed by atoms with Gasteiger partial charge >= 0.3 is 0 Å². The summed E-state index contributed by atoms with van der Waals surface area (Å²) >= 11 is 0. The lowest BCUT2D eigenvalue weighted by Gasteiger charge is -2.09. The Kier molecular flexibility index (Phi) is 5.14. The van der Waals surface area contributed by atoms with Crippen molar-refractivity contribution >= 4 is 11.6 Å². The molecule has 6 nitrogen and oxygen atoms in total. The number of hydrazine groups is 1. The molecule has 1 aromatic carbocycles. The molecule has 0 saturated carbocycles. The molecule has 0 aliphatic heterocycles. The van der Waals surface area contributed by atoms with Gasteiger partial charge in [-0.15, -0.1) is 0 Å². The highest BCUT2D eigenvalue weighted by Crippen LogP contribution is 2.12. The highest BCUT2D eigenvalue weighted by molar-refractivity contribution is 5.99. The molecule has 6 heteroatoms. The van der Waals surface area contributed by atoms with Crippen molar-refractivity contribution in [2.75, 3.05) is 12.0 Å². The fraction of sp³-hybridized carbons (Fsp3) is 0.286. The first-order chi connectivity index (χ1) is 9.81. The third-order valence-electron chi connectivity index (χ3n) is 3.02. The third kappa shape index (κ3) is 3.83. The highest BCUT2D eigenvalue weighted by atomic mass is 16.1. The number of aryl methyl sites for hydroxylation is 1. The van der Waals surface area contributed by atoms with Crippen LogP contribution in [-0.4, -0.2) is 22.0 Å². The van der Waals surface area contributed by atoms with E-state index in [1.165, 1.54) is 0 Å². The average Bonchev–Trinajstić information content (AvgIpc) is 3.00. The molecule has 0 aliphatic carbocycles. The largest absolute Gasteiger partial charge is 0.352 e. The average molecular weight is 273 g/mol. The number of carbonyl (C=O) groups excluding carboxylic acids is 1. The quantitative estimate of drug-likeness (QED) is 0.404. The van der Waals surface area contributed by atoms with Crippen LogP contribution in [0.2, 0.25) is 0 Å². The van der Waals surface area contributed by atoms with Gasteiger partial charge < -0.3 is 15.3 Å². The Hall–Kier alpha value is -2.34. The Morgan fingerprint density at radius 1 is 1.30 bits per heavy atom. The monoisotopic (exact) mass is 273 g/mol. The van der Waals surface area contributed by atoms with Gasteiger partial charge in [0.1, 0.15) is 0 Å². The Morgan fingerprint density at radius 2 is 2.15 bits per heavy atom.